The van der Waals surface area contributed by atoms with Crippen LogP contribution < -0.4 is 4.72 Å². The van der Waals surface area contributed by atoms with Crippen molar-refractivity contribution < 1.29 is 17.6 Å². The second-order valence-electron chi connectivity index (χ2n) is 6.40. The fourth-order valence-corrected chi connectivity index (χ4v) is 4.06. The molecule has 150 valence electrons. The molecule has 0 aliphatic heterocycles. The molecule has 0 aliphatic rings. The van der Waals surface area contributed by atoms with Gasteiger partial charge in [0.1, 0.15) is 5.82 Å². The highest BCUT2D eigenvalue weighted by atomic mass is 35.5. The van der Waals surface area contributed by atoms with E-state index in [1.165, 1.54) is 41.3 Å². The Labute approximate surface area is 173 Å². The molecule has 0 saturated carbocycles. The van der Waals surface area contributed by atoms with Crippen molar-refractivity contribution in [3.8, 4) is 0 Å². The molecule has 0 aromatic heterocycles. The lowest BCUT2D eigenvalue weighted by molar-refractivity contribution is 0.0785. The van der Waals surface area contributed by atoms with Crippen molar-refractivity contribution in [1.82, 2.24) is 4.90 Å². The molecule has 3 aromatic rings. The zero-order valence-electron chi connectivity index (χ0n) is 15.5. The molecular formula is C21H18ClFN2O3S. The van der Waals surface area contributed by atoms with Crippen molar-refractivity contribution >= 4 is 33.2 Å². The van der Waals surface area contributed by atoms with E-state index < -0.39 is 10.0 Å². The number of amides is 1. The van der Waals surface area contributed by atoms with Gasteiger partial charge in [0.15, 0.2) is 0 Å². The number of rotatable bonds is 6. The quantitative estimate of drug-likeness (QED) is 0.621. The topological polar surface area (TPSA) is 66.5 Å². The van der Waals surface area contributed by atoms with Gasteiger partial charge in [-0.15, -0.1) is 0 Å². The first-order valence-corrected chi connectivity index (χ1v) is 10.5. The van der Waals surface area contributed by atoms with Crippen LogP contribution in [0.25, 0.3) is 0 Å². The first-order valence-electron chi connectivity index (χ1n) is 8.63. The van der Waals surface area contributed by atoms with Crippen LogP contribution in [0.4, 0.5) is 10.1 Å². The van der Waals surface area contributed by atoms with Crippen LogP contribution in [0.1, 0.15) is 15.9 Å². The van der Waals surface area contributed by atoms with Gasteiger partial charge in [-0.05, 0) is 48.0 Å². The van der Waals surface area contributed by atoms with E-state index in [1.807, 2.05) is 0 Å². The predicted octanol–water partition coefficient (Wildman–Crippen LogP) is 4.55. The predicted molar refractivity (Wildman–Crippen MR) is 111 cm³/mol. The van der Waals surface area contributed by atoms with E-state index in [4.69, 9.17) is 11.6 Å². The van der Waals surface area contributed by atoms with Crippen molar-refractivity contribution in [1.29, 1.82) is 0 Å². The normalized spacial score (nSPS) is 11.1. The lowest BCUT2D eigenvalue weighted by Gasteiger charge is -2.18. The summed E-state index contributed by atoms with van der Waals surface area (Å²) in [5.41, 5.74) is 1.22. The molecule has 0 spiro atoms. The monoisotopic (exact) mass is 432 g/mol. The summed E-state index contributed by atoms with van der Waals surface area (Å²) in [4.78, 5) is 14.1. The number of nitrogens with zero attached hydrogens (tertiary/aromatic N) is 1. The van der Waals surface area contributed by atoms with Crippen molar-refractivity contribution in [3.63, 3.8) is 0 Å². The summed E-state index contributed by atoms with van der Waals surface area (Å²) in [6, 6.07) is 18.0. The average molecular weight is 433 g/mol. The molecule has 0 fully saturated rings. The molecule has 0 aliphatic carbocycles. The summed E-state index contributed by atoms with van der Waals surface area (Å²) in [6.45, 7) is 0.258. The number of hydrogen-bond donors (Lipinski definition) is 1. The molecule has 0 heterocycles. The Morgan fingerprint density at radius 3 is 2.41 bits per heavy atom. The molecule has 0 bridgehead atoms. The molecule has 3 aromatic carbocycles. The maximum absolute atomic E-state index is 13.0. The van der Waals surface area contributed by atoms with Crippen LogP contribution in [0.5, 0.6) is 0 Å². The Morgan fingerprint density at radius 1 is 1.03 bits per heavy atom. The lowest BCUT2D eigenvalue weighted by atomic mass is 10.1. The Morgan fingerprint density at radius 2 is 1.72 bits per heavy atom. The number of carbonyl (C=O) groups excluding carboxylic acids is 1. The highest BCUT2D eigenvalue weighted by molar-refractivity contribution is 7.92. The fraction of sp³-hybridized carbons (Fsp3) is 0.0952. The van der Waals surface area contributed by atoms with Crippen molar-refractivity contribution in [3.05, 3.63) is 94.8 Å². The molecule has 0 unspecified atom stereocenters. The molecule has 0 atom stereocenters. The largest absolute Gasteiger partial charge is 0.337 e. The van der Waals surface area contributed by atoms with E-state index in [1.54, 1.807) is 43.4 Å². The minimum Gasteiger partial charge on any atom is -0.337 e. The van der Waals surface area contributed by atoms with Crippen molar-refractivity contribution in [2.75, 3.05) is 11.8 Å². The maximum atomic E-state index is 13.0. The first kappa shape index (κ1) is 20.8. The number of sulfonamides is 1. The third kappa shape index (κ3) is 5.13. The molecule has 0 saturated heterocycles. The average Bonchev–Trinajstić information content (AvgIpc) is 2.71. The van der Waals surface area contributed by atoms with E-state index >= 15 is 0 Å². The first-order chi connectivity index (χ1) is 13.8. The van der Waals surface area contributed by atoms with Crippen molar-refractivity contribution in [2.24, 2.45) is 0 Å². The van der Waals surface area contributed by atoms with E-state index in [9.17, 15) is 17.6 Å². The molecule has 5 nitrogen and oxygen atoms in total. The lowest BCUT2D eigenvalue weighted by Crippen LogP contribution is -2.26. The zero-order chi connectivity index (χ0) is 21.0. The molecular weight excluding hydrogens is 415 g/mol. The third-order valence-corrected chi connectivity index (χ3v) is 5.88. The van der Waals surface area contributed by atoms with Crippen LogP contribution in [-0.2, 0) is 16.6 Å². The smallest absolute Gasteiger partial charge is 0.261 e. The van der Waals surface area contributed by atoms with Gasteiger partial charge in [0.05, 0.1) is 15.6 Å². The van der Waals surface area contributed by atoms with Gasteiger partial charge < -0.3 is 4.90 Å². The summed E-state index contributed by atoms with van der Waals surface area (Å²) >= 11 is 6.02. The Balaban J connectivity index is 1.80. The van der Waals surface area contributed by atoms with E-state index in [0.717, 1.165) is 5.56 Å². The number of benzene rings is 3. The van der Waals surface area contributed by atoms with Gasteiger partial charge in [-0.2, -0.15) is 0 Å². The van der Waals surface area contributed by atoms with E-state index in [0.29, 0.717) is 0 Å². The molecule has 1 amide bonds. The van der Waals surface area contributed by atoms with Crippen molar-refractivity contribution in [2.45, 2.75) is 11.4 Å². The van der Waals surface area contributed by atoms with E-state index in [-0.39, 0.29) is 39.4 Å². The summed E-state index contributed by atoms with van der Waals surface area (Å²) in [5.74, 6) is -0.712. The molecule has 3 rings (SSSR count). The minimum atomic E-state index is -3.93. The summed E-state index contributed by atoms with van der Waals surface area (Å²) < 4.78 is 40.8. The zero-order valence-corrected chi connectivity index (χ0v) is 17.0. The number of para-hydroxylation sites is 1. The van der Waals surface area contributed by atoms with Crippen LogP contribution >= 0.6 is 11.6 Å². The van der Waals surface area contributed by atoms with E-state index in [2.05, 4.69) is 4.72 Å². The fourth-order valence-electron chi connectivity index (χ4n) is 2.70. The third-order valence-electron chi connectivity index (χ3n) is 4.19. The van der Waals surface area contributed by atoms with Gasteiger partial charge in [-0.3, -0.25) is 9.52 Å². The van der Waals surface area contributed by atoms with Crippen LogP contribution in [0.15, 0.2) is 77.7 Å². The molecule has 1 N–H and O–H groups in total. The second kappa shape index (κ2) is 8.63. The summed E-state index contributed by atoms with van der Waals surface area (Å²) in [7, 11) is -2.34. The Kier molecular flexibility index (Phi) is 6.20. The molecule has 0 radical (unpaired) electrons. The van der Waals surface area contributed by atoms with Gasteiger partial charge in [0.25, 0.3) is 15.9 Å². The van der Waals surface area contributed by atoms with Gasteiger partial charge >= 0.3 is 0 Å². The molecule has 29 heavy (non-hydrogen) atoms. The highest BCUT2D eigenvalue weighted by Gasteiger charge is 2.19. The van der Waals surface area contributed by atoms with Gasteiger partial charge in [0.2, 0.25) is 0 Å². The number of carbonyl (C=O) groups is 1. The number of anilines is 1. The summed E-state index contributed by atoms with van der Waals surface area (Å²) in [6.07, 6.45) is 0. The number of halogens is 2. The Hall–Kier alpha value is -2.90. The Bertz CT molecular complexity index is 1130. The van der Waals surface area contributed by atoms with Crippen LogP contribution in [0.3, 0.4) is 0 Å². The number of nitrogens with one attached hydrogen (secondary N) is 1. The number of hydrogen-bond acceptors (Lipinski definition) is 3. The maximum Gasteiger partial charge on any atom is 0.261 e. The highest BCUT2D eigenvalue weighted by Crippen LogP contribution is 2.24. The summed E-state index contributed by atoms with van der Waals surface area (Å²) in [5, 5.41) is 0.266. The van der Waals surface area contributed by atoms with Crippen LogP contribution in [0.2, 0.25) is 5.02 Å². The molecule has 8 heteroatoms. The van der Waals surface area contributed by atoms with Gasteiger partial charge in [0, 0.05) is 19.2 Å². The minimum absolute atomic E-state index is 0.0570. The van der Waals surface area contributed by atoms with Gasteiger partial charge in [-0.1, -0.05) is 41.9 Å². The SMILES string of the molecule is CN(Cc1ccc(F)cc1)C(=O)c1cccc(S(=O)(=O)Nc2ccccc2Cl)c1. The standard InChI is InChI=1S/C21H18ClFN2O3S/c1-25(14-15-9-11-17(23)12-10-15)21(26)16-5-4-6-18(13-16)29(27,28)24-20-8-3-2-7-19(20)22/h2-13,24H,14H2,1H3. The second-order valence-corrected chi connectivity index (χ2v) is 8.49. The van der Waals surface area contributed by atoms with Crippen LogP contribution in [0, 0.1) is 5.82 Å². The van der Waals surface area contributed by atoms with Crippen LogP contribution in [-0.4, -0.2) is 26.3 Å². The van der Waals surface area contributed by atoms with Gasteiger partial charge in [-0.25, -0.2) is 12.8 Å².